The van der Waals surface area contributed by atoms with Crippen molar-refractivity contribution in [2.24, 2.45) is 5.92 Å². The summed E-state index contributed by atoms with van der Waals surface area (Å²) in [4.78, 5) is 17.4. The van der Waals surface area contributed by atoms with Gasteiger partial charge in [-0.2, -0.15) is 0 Å². The Labute approximate surface area is 175 Å². The van der Waals surface area contributed by atoms with Crippen LogP contribution >= 0.6 is 0 Å². The molecule has 6 heteroatoms. The van der Waals surface area contributed by atoms with E-state index >= 15 is 0 Å². The fraction of sp³-hybridized carbons (Fsp3) is 0.696. The maximum absolute atomic E-state index is 13.1. The van der Waals surface area contributed by atoms with Crippen molar-refractivity contribution in [2.45, 2.75) is 51.7 Å². The largest absolute Gasteiger partial charge is 0.493 e. The number of ether oxygens (including phenoxy) is 3. The summed E-state index contributed by atoms with van der Waals surface area (Å²) in [5, 5.41) is 0. The Balaban J connectivity index is 1.56. The van der Waals surface area contributed by atoms with Crippen LogP contribution < -0.4 is 9.47 Å². The molecule has 0 saturated carbocycles. The monoisotopic (exact) mass is 404 g/mol. The summed E-state index contributed by atoms with van der Waals surface area (Å²) >= 11 is 0. The molecule has 29 heavy (non-hydrogen) atoms. The third-order valence-corrected chi connectivity index (χ3v) is 5.92. The Kier molecular flexibility index (Phi) is 7.78. The first-order valence-electron chi connectivity index (χ1n) is 10.9. The number of nitrogens with zero attached hydrogens (tertiary/aromatic N) is 2. The van der Waals surface area contributed by atoms with Crippen molar-refractivity contribution in [3.05, 3.63) is 23.8 Å². The molecule has 3 rings (SSSR count). The lowest BCUT2D eigenvalue weighted by Crippen LogP contribution is -2.44. The van der Waals surface area contributed by atoms with Crippen molar-refractivity contribution >= 4 is 5.91 Å². The van der Waals surface area contributed by atoms with Gasteiger partial charge in [-0.25, -0.2) is 0 Å². The van der Waals surface area contributed by atoms with Gasteiger partial charge in [0.25, 0.3) is 0 Å². The van der Waals surface area contributed by atoms with Crippen LogP contribution in [0, 0.1) is 5.92 Å². The fourth-order valence-corrected chi connectivity index (χ4v) is 4.32. The molecule has 2 fully saturated rings. The van der Waals surface area contributed by atoms with E-state index in [9.17, 15) is 4.79 Å². The molecular weight excluding hydrogens is 368 g/mol. The smallest absolute Gasteiger partial charge is 0.237 e. The van der Waals surface area contributed by atoms with Gasteiger partial charge in [0.2, 0.25) is 5.91 Å². The number of methoxy groups -OCH3 is 2. The van der Waals surface area contributed by atoms with Crippen LogP contribution in [0.15, 0.2) is 18.2 Å². The van der Waals surface area contributed by atoms with Gasteiger partial charge in [-0.05, 0) is 49.3 Å². The van der Waals surface area contributed by atoms with Crippen molar-refractivity contribution in [2.75, 3.05) is 47.0 Å². The predicted octanol–water partition coefficient (Wildman–Crippen LogP) is 3.50. The third-order valence-electron chi connectivity index (χ3n) is 5.92. The molecule has 2 aliphatic rings. The van der Waals surface area contributed by atoms with Crippen LogP contribution in [-0.4, -0.2) is 68.8 Å². The molecule has 0 aliphatic carbocycles. The van der Waals surface area contributed by atoms with E-state index in [-0.39, 0.29) is 11.9 Å². The molecule has 0 radical (unpaired) electrons. The molecule has 2 heterocycles. The Morgan fingerprint density at radius 1 is 1.07 bits per heavy atom. The Bertz CT molecular complexity index is 671. The maximum Gasteiger partial charge on any atom is 0.237 e. The number of amides is 1. The van der Waals surface area contributed by atoms with E-state index < -0.39 is 0 Å². The Hall–Kier alpha value is -1.79. The minimum Gasteiger partial charge on any atom is -0.493 e. The lowest BCUT2D eigenvalue weighted by atomic mass is 10.0. The molecule has 2 aliphatic heterocycles. The molecule has 1 aromatic rings. The number of rotatable bonds is 8. The number of carbonyl (C=O) groups excluding carboxylic acids is 1. The highest BCUT2D eigenvalue weighted by molar-refractivity contribution is 5.79. The summed E-state index contributed by atoms with van der Waals surface area (Å²) in [6.07, 6.45) is 4.40. The third kappa shape index (κ3) is 5.64. The molecule has 162 valence electrons. The number of likely N-dealkylation sites (tertiary alicyclic amines) is 2. The first kappa shape index (κ1) is 21.9. The van der Waals surface area contributed by atoms with Gasteiger partial charge >= 0.3 is 0 Å². The summed E-state index contributed by atoms with van der Waals surface area (Å²) in [6, 6.07) is 6.10. The van der Waals surface area contributed by atoms with Crippen LogP contribution in [0.5, 0.6) is 11.5 Å². The second-order valence-electron chi connectivity index (χ2n) is 8.56. The van der Waals surface area contributed by atoms with Gasteiger partial charge in [0.05, 0.1) is 32.9 Å². The summed E-state index contributed by atoms with van der Waals surface area (Å²) in [7, 11) is 3.29. The SMILES string of the molecule is COc1ccc(C2CCCN2C(=O)CN2CCC(OCC(C)C)CC2)cc1OC. The van der Waals surface area contributed by atoms with Crippen LogP contribution in [0.4, 0.5) is 0 Å². The van der Waals surface area contributed by atoms with Crippen LogP contribution in [0.2, 0.25) is 0 Å². The Morgan fingerprint density at radius 2 is 1.79 bits per heavy atom. The average Bonchev–Trinajstić information content (AvgIpc) is 3.22. The molecule has 0 N–H and O–H groups in total. The highest BCUT2D eigenvalue weighted by Gasteiger charge is 2.32. The molecule has 0 spiro atoms. The molecule has 2 saturated heterocycles. The van der Waals surface area contributed by atoms with E-state index in [4.69, 9.17) is 14.2 Å². The molecule has 1 atom stereocenters. The van der Waals surface area contributed by atoms with Crippen molar-refractivity contribution in [3.63, 3.8) is 0 Å². The van der Waals surface area contributed by atoms with Gasteiger partial charge in [0, 0.05) is 26.2 Å². The van der Waals surface area contributed by atoms with Crippen molar-refractivity contribution < 1.29 is 19.0 Å². The van der Waals surface area contributed by atoms with Crippen LogP contribution in [0.3, 0.4) is 0 Å². The highest BCUT2D eigenvalue weighted by Crippen LogP contribution is 2.37. The van der Waals surface area contributed by atoms with Gasteiger partial charge in [-0.1, -0.05) is 19.9 Å². The Morgan fingerprint density at radius 3 is 2.45 bits per heavy atom. The van der Waals surface area contributed by atoms with Gasteiger partial charge in [-0.3, -0.25) is 9.69 Å². The van der Waals surface area contributed by atoms with Crippen LogP contribution in [0.25, 0.3) is 0 Å². The van der Waals surface area contributed by atoms with Crippen molar-refractivity contribution in [3.8, 4) is 11.5 Å². The second-order valence-corrected chi connectivity index (χ2v) is 8.56. The number of carbonyl (C=O) groups is 1. The molecule has 1 amide bonds. The highest BCUT2D eigenvalue weighted by atomic mass is 16.5. The van der Waals surface area contributed by atoms with Gasteiger partial charge in [-0.15, -0.1) is 0 Å². The van der Waals surface area contributed by atoms with Gasteiger partial charge in [0.15, 0.2) is 11.5 Å². The molecule has 1 aromatic carbocycles. The van der Waals surface area contributed by atoms with Crippen LogP contribution in [-0.2, 0) is 9.53 Å². The predicted molar refractivity (Wildman–Crippen MR) is 113 cm³/mol. The van der Waals surface area contributed by atoms with Crippen LogP contribution in [0.1, 0.15) is 51.1 Å². The van der Waals surface area contributed by atoms with E-state index in [1.165, 1.54) is 0 Å². The normalized spacial score (nSPS) is 21.0. The van der Waals surface area contributed by atoms with Gasteiger partial charge < -0.3 is 19.1 Å². The summed E-state index contributed by atoms with van der Waals surface area (Å²) in [5.41, 5.74) is 1.12. The van der Waals surface area contributed by atoms with E-state index in [0.717, 1.165) is 63.2 Å². The molecular formula is C23H36N2O4. The second kappa shape index (κ2) is 10.3. The van der Waals surface area contributed by atoms with Crippen molar-refractivity contribution in [1.82, 2.24) is 9.80 Å². The summed E-state index contributed by atoms with van der Waals surface area (Å²) < 4.78 is 16.8. The molecule has 6 nitrogen and oxygen atoms in total. The minimum absolute atomic E-state index is 0.120. The van der Waals surface area contributed by atoms with E-state index in [2.05, 4.69) is 24.8 Å². The molecule has 0 aromatic heterocycles. The number of piperidine rings is 1. The van der Waals surface area contributed by atoms with Gasteiger partial charge in [0.1, 0.15) is 0 Å². The average molecular weight is 405 g/mol. The summed E-state index contributed by atoms with van der Waals surface area (Å²) in [5.74, 6) is 2.23. The molecule has 0 bridgehead atoms. The first-order valence-corrected chi connectivity index (χ1v) is 10.9. The van der Waals surface area contributed by atoms with Crippen molar-refractivity contribution in [1.29, 1.82) is 0 Å². The molecule has 1 unspecified atom stereocenters. The lowest BCUT2D eigenvalue weighted by Gasteiger charge is -2.34. The number of hydrogen-bond acceptors (Lipinski definition) is 5. The van der Waals surface area contributed by atoms with E-state index in [0.29, 0.717) is 24.3 Å². The zero-order valence-electron chi connectivity index (χ0n) is 18.4. The zero-order valence-corrected chi connectivity index (χ0v) is 18.4. The maximum atomic E-state index is 13.1. The zero-order chi connectivity index (χ0) is 20.8. The van der Waals surface area contributed by atoms with E-state index in [1.54, 1.807) is 14.2 Å². The quantitative estimate of drug-likeness (QED) is 0.664. The standard InChI is InChI=1S/C23H36N2O4/c1-17(2)16-29-19-9-12-24(13-10-19)15-23(26)25-11-5-6-20(25)18-7-8-21(27-3)22(14-18)28-4/h7-8,14,17,19-20H,5-6,9-13,15-16H2,1-4H3. The summed E-state index contributed by atoms with van der Waals surface area (Å²) in [6.45, 7) is 8.38. The minimum atomic E-state index is 0.120. The number of benzene rings is 1. The number of hydrogen-bond donors (Lipinski definition) is 0. The van der Waals surface area contributed by atoms with E-state index in [1.807, 2.05) is 17.0 Å². The fourth-order valence-electron chi connectivity index (χ4n) is 4.32. The first-order chi connectivity index (χ1) is 14.0. The topological polar surface area (TPSA) is 51.2 Å². The lowest BCUT2D eigenvalue weighted by molar-refractivity contribution is -0.134.